The van der Waals surface area contributed by atoms with Gasteiger partial charge < -0.3 is 14.8 Å². The van der Waals surface area contributed by atoms with E-state index in [1.54, 1.807) is 0 Å². The van der Waals surface area contributed by atoms with E-state index < -0.39 is 6.36 Å². The van der Waals surface area contributed by atoms with Gasteiger partial charge in [0.25, 0.3) is 0 Å². The molecule has 1 fully saturated rings. The van der Waals surface area contributed by atoms with Gasteiger partial charge in [-0.05, 0) is 60.1 Å². The molecule has 3 nitrogen and oxygen atoms in total. The van der Waals surface area contributed by atoms with E-state index in [4.69, 9.17) is 4.74 Å². The van der Waals surface area contributed by atoms with Crippen LogP contribution in [0.25, 0.3) is 0 Å². The zero-order valence-electron chi connectivity index (χ0n) is 9.97. The first-order valence-electron chi connectivity index (χ1n) is 5.87. The summed E-state index contributed by atoms with van der Waals surface area (Å²) >= 11 is 3.05. The van der Waals surface area contributed by atoms with Crippen LogP contribution in [-0.2, 0) is 0 Å². The maximum atomic E-state index is 12.1. The van der Waals surface area contributed by atoms with E-state index in [2.05, 4.69) is 26.0 Å². The van der Waals surface area contributed by atoms with Crippen LogP contribution in [-0.4, -0.2) is 25.6 Å². The van der Waals surface area contributed by atoms with Crippen LogP contribution in [0, 0.1) is 0 Å². The minimum Gasteiger partial charge on any atom is -0.490 e. The predicted octanol–water partition coefficient (Wildman–Crippen LogP) is 3.48. The molecule has 1 heterocycles. The van der Waals surface area contributed by atoms with Gasteiger partial charge in [0.15, 0.2) is 0 Å². The Morgan fingerprint density at radius 2 is 1.89 bits per heavy atom. The Bertz CT molecular complexity index is 433. The topological polar surface area (TPSA) is 30.5 Å². The Labute approximate surface area is 117 Å². The number of ether oxygens (including phenoxy) is 2. The van der Waals surface area contributed by atoms with Gasteiger partial charge in [0, 0.05) is 0 Å². The normalized spacial score (nSPS) is 17.3. The van der Waals surface area contributed by atoms with Gasteiger partial charge in [-0.3, -0.25) is 0 Å². The molecule has 1 aromatic rings. The fourth-order valence-corrected chi connectivity index (χ4v) is 2.31. The van der Waals surface area contributed by atoms with Crippen molar-refractivity contribution >= 4 is 15.9 Å². The van der Waals surface area contributed by atoms with Gasteiger partial charge in [-0.15, -0.1) is 13.2 Å². The van der Waals surface area contributed by atoms with E-state index in [9.17, 15) is 13.2 Å². The smallest absolute Gasteiger partial charge is 0.490 e. The highest BCUT2D eigenvalue weighted by Gasteiger charge is 2.32. The number of halogens is 4. The monoisotopic (exact) mass is 339 g/mol. The first kappa shape index (κ1) is 14.5. The summed E-state index contributed by atoms with van der Waals surface area (Å²) in [7, 11) is 0. The summed E-state index contributed by atoms with van der Waals surface area (Å²) in [5, 5.41) is 3.21. The summed E-state index contributed by atoms with van der Waals surface area (Å²) in [5.41, 5.74) is 0. The van der Waals surface area contributed by atoms with Crippen LogP contribution in [0.2, 0.25) is 0 Å². The van der Waals surface area contributed by atoms with Crippen molar-refractivity contribution in [2.45, 2.75) is 25.3 Å². The van der Waals surface area contributed by atoms with Gasteiger partial charge in [-0.1, -0.05) is 0 Å². The molecule has 0 unspecified atom stereocenters. The zero-order chi connectivity index (χ0) is 13.9. The fraction of sp³-hybridized carbons (Fsp3) is 0.500. The molecule has 7 heteroatoms. The van der Waals surface area contributed by atoms with Crippen molar-refractivity contribution in [3.05, 3.63) is 22.7 Å². The Morgan fingerprint density at radius 3 is 2.47 bits per heavy atom. The van der Waals surface area contributed by atoms with Gasteiger partial charge in [-0.25, -0.2) is 0 Å². The Kier molecular flexibility index (Phi) is 4.57. The second-order valence-electron chi connectivity index (χ2n) is 4.21. The molecule has 0 spiro atoms. The summed E-state index contributed by atoms with van der Waals surface area (Å²) in [5.74, 6) is 0.262. The molecule has 1 aliphatic heterocycles. The highest BCUT2D eigenvalue weighted by molar-refractivity contribution is 9.10. The third-order valence-corrected chi connectivity index (χ3v) is 3.34. The third-order valence-electron chi connectivity index (χ3n) is 2.72. The molecule has 1 N–H and O–H groups in total. The van der Waals surface area contributed by atoms with E-state index in [1.165, 1.54) is 18.2 Å². The van der Waals surface area contributed by atoms with Crippen LogP contribution in [0.4, 0.5) is 13.2 Å². The maximum absolute atomic E-state index is 12.1. The van der Waals surface area contributed by atoms with E-state index in [0.717, 1.165) is 25.9 Å². The Hall–Kier alpha value is -0.950. The molecule has 1 saturated heterocycles. The van der Waals surface area contributed by atoms with E-state index in [-0.39, 0.29) is 16.3 Å². The molecule has 1 aliphatic rings. The molecule has 0 saturated carbocycles. The molecule has 0 amide bonds. The first-order valence-corrected chi connectivity index (χ1v) is 6.66. The summed E-state index contributed by atoms with van der Waals surface area (Å²) in [6.07, 6.45) is -2.82. The van der Waals surface area contributed by atoms with Gasteiger partial charge in [0.2, 0.25) is 0 Å². The van der Waals surface area contributed by atoms with Crippen molar-refractivity contribution < 1.29 is 22.6 Å². The Balaban J connectivity index is 2.01. The first-order chi connectivity index (χ1) is 8.94. The van der Waals surface area contributed by atoms with Crippen LogP contribution in [0.1, 0.15) is 12.8 Å². The van der Waals surface area contributed by atoms with Crippen molar-refractivity contribution in [2.24, 2.45) is 0 Å². The second kappa shape index (κ2) is 6.00. The third kappa shape index (κ3) is 4.58. The summed E-state index contributed by atoms with van der Waals surface area (Å²) in [6.45, 7) is 1.78. The molecule has 0 atom stereocenters. The average molecular weight is 340 g/mol. The molecule has 0 aromatic heterocycles. The lowest BCUT2D eigenvalue weighted by molar-refractivity contribution is -0.274. The van der Waals surface area contributed by atoms with Gasteiger partial charge in [0.1, 0.15) is 17.6 Å². The Morgan fingerprint density at radius 1 is 1.21 bits per heavy atom. The minimum absolute atomic E-state index is 0.0996. The minimum atomic E-state index is -4.69. The predicted molar refractivity (Wildman–Crippen MR) is 67.3 cm³/mol. The molecule has 2 rings (SSSR count). The van der Waals surface area contributed by atoms with Crippen LogP contribution < -0.4 is 14.8 Å². The quantitative estimate of drug-likeness (QED) is 0.914. The van der Waals surface area contributed by atoms with Crippen LogP contribution in [0.15, 0.2) is 22.7 Å². The SMILES string of the molecule is FC(F)(F)Oc1ccc(OC2CCNCC2)cc1Br. The molecular weight excluding hydrogens is 327 g/mol. The van der Waals surface area contributed by atoms with Crippen LogP contribution in [0.5, 0.6) is 11.5 Å². The molecule has 0 aliphatic carbocycles. The lowest BCUT2D eigenvalue weighted by Gasteiger charge is -2.24. The number of piperidine rings is 1. The summed E-state index contributed by atoms with van der Waals surface area (Å²) in [4.78, 5) is 0. The van der Waals surface area contributed by atoms with Gasteiger partial charge >= 0.3 is 6.36 Å². The maximum Gasteiger partial charge on any atom is 0.573 e. The second-order valence-corrected chi connectivity index (χ2v) is 5.06. The number of rotatable bonds is 3. The van der Waals surface area contributed by atoms with Crippen molar-refractivity contribution in [3.63, 3.8) is 0 Å². The van der Waals surface area contributed by atoms with E-state index in [1.807, 2.05) is 0 Å². The van der Waals surface area contributed by atoms with Crippen LogP contribution >= 0.6 is 15.9 Å². The average Bonchev–Trinajstić information content (AvgIpc) is 2.33. The number of hydrogen-bond acceptors (Lipinski definition) is 3. The number of nitrogens with one attached hydrogen (secondary N) is 1. The number of alkyl halides is 3. The molecule has 106 valence electrons. The van der Waals surface area contributed by atoms with Crippen molar-refractivity contribution in [2.75, 3.05) is 13.1 Å². The lowest BCUT2D eigenvalue weighted by atomic mass is 10.1. The zero-order valence-corrected chi connectivity index (χ0v) is 11.6. The van der Waals surface area contributed by atoms with E-state index in [0.29, 0.717) is 5.75 Å². The molecule has 0 radical (unpaired) electrons. The van der Waals surface area contributed by atoms with Crippen LogP contribution in [0.3, 0.4) is 0 Å². The van der Waals surface area contributed by atoms with Gasteiger partial charge in [0.05, 0.1) is 4.47 Å². The van der Waals surface area contributed by atoms with Crippen molar-refractivity contribution in [1.82, 2.24) is 5.32 Å². The molecule has 19 heavy (non-hydrogen) atoms. The fourth-order valence-electron chi connectivity index (χ4n) is 1.87. The lowest BCUT2D eigenvalue weighted by Crippen LogP contribution is -2.34. The standard InChI is InChI=1S/C12H13BrF3NO2/c13-10-7-9(18-8-3-5-17-6-4-8)1-2-11(10)19-12(14,15)16/h1-2,7-8,17H,3-6H2. The number of benzene rings is 1. The van der Waals surface area contributed by atoms with Crippen molar-refractivity contribution in [1.29, 1.82) is 0 Å². The molecule has 0 bridgehead atoms. The largest absolute Gasteiger partial charge is 0.573 e. The highest BCUT2D eigenvalue weighted by atomic mass is 79.9. The molecule has 1 aromatic carbocycles. The highest BCUT2D eigenvalue weighted by Crippen LogP contribution is 2.33. The van der Waals surface area contributed by atoms with Crippen molar-refractivity contribution in [3.8, 4) is 11.5 Å². The number of hydrogen-bond donors (Lipinski definition) is 1. The summed E-state index contributed by atoms with van der Waals surface area (Å²) in [6, 6.07) is 4.21. The van der Waals surface area contributed by atoms with E-state index >= 15 is 0 Å². The summed E-state index contributed by atoms with van der Waals surface area (Å²) < 4.78 is 46.1. The molecular formula is C12H13BrF3NO2. The van der Waals surface area contributed by atoms with Gasteiger partial charge in [-0.2, -0.15) is 0 Å².